The van der Waals surface area contributed by atoms with E-state index in [-0.39, 0.29) is 11.2 Å². The minimum atomic E-state index is -0.968. The number of ether oxygens (including phenoxy) is 1. The Labute approximate surface area is 118 Å². The predicted octanol–water partition coefficient (Wildman–Crippen LogP) is 3.56. The fraction of sp³-hybridized carbons (Fsp3) is 0.417. The van der Waals surface area contributed by atoms with Gasteiger partial charge in [-0.2, -0.15) is 4.39 Å². The summed E-state index contributed by atoms with van der Waals surface area (Å²) in [5.41, 5.74) is 5.41. The van der Waals surface area contributed by atoms with E-state index in [0.29, 0.717) is 22.5 Å². The van der Waals surface area contributed by atoms with Crippen LogP contribution in [0.15, 0.2) is 16.6 Å². The van der Waals surface area contributed by atoms with E-state index in [1.165, 1.54) is 6.07 Å². The van der Waals surface area contributed by atoms with Crippen LogP contribution in [-0.2, 0) is 0 Å². The van der Waals surface area contributed by atoms with Crippen molar-refractivity contribution in [3.05, 3.63) is 28.2 Å². The third kappa shape index (κ3) is 3.17. The molecule has 0 heterocycles. The normalized spacial score (nSPS) is 16.4. The molecular formula is C12H12BrF2NOS. The van der Waals surface area contributed by atoms with Gasteiger partial charge >= 0.3 is 0 Å². The van der Waals surface area contributed by atoms with Crippen LogP contribution in [0.2, 0.25) is 0 Å². The maximum atomic E-state index is 13.5. The van der Waals surface area contributed by atoms with E-state index in [2.05, 4.69) is 15.9 Å². The highest BCUT2D eigenvalue weighted by Gasteiger charge is 2.44. The van der Waals surface area contributed by atoms with Crippen molar-refractivity contribution in [2.75, 3.05) is 6.61 Å². The Morgan fingerprint density at radius 3 is 2.67 bits per heavy atom. The van der Waals surface area contributed by atoms with Crippen molar-refractivity contribution < 1.29 is 13.5 Å². The monoisotopic (exact) mass is 335 g/mol. The van der Waals surface area contributed by atoms with Gasteiger partial charge in [-0.05, 0) is 25.0 Å². The van der Waals surface area contributed by atoms with Crippen LogP contribution < -0.4 is 10.5 Å². The summed E-state index contributed by atoms with van der Waals surface area (Å²) in [5.74, 6) is -1.99. The molecule has 0 aromatic heterocycles. The van der Waals surface area contributed by atoms with Crippen LogP contribution in [0.4, 0.5) is 8.78 Å². The Kier molecular flexibility index (Phi) is 3.87. The molecule has 0 spiro atoms. The highest BCUT2D eigenvalue weighted by molar-refractivity contribution is 9.10. The first kappa shape index (κ1) is 13.7. The maximum Gasteiger partial charge on any atom is 0.200 e. The average molecular weight is 336 g/mol. The second-order valence-electron chi connectivity index (χ2n) is 4.63. The van der Waals surface area contributed by atoms with Gasteiger partial charge in [-0.15, -0.1) is 0 Å². The Balaban J connectivity index is 2.05. The fourth-order valence-electron chi connectivity index (χ4n) is 1.79. The van der Waals surface area contributed by atoms with E-state index in [9.17, 15) is 8.78 Å². The minimum absolute atomic E-state index is 0.0862. The van der Waals surface area contributed by atoms with Crippen molar-refractivity contribution in [1.82, 2.24) is 0 Å². The second kappa shape index (κ2) is 5.09. The molecule has 18 heavy (non-hydrogen) atoms. The Hall–Kier alpha value is -0.750. The lowest BCUT2D eigenvalue weighted by Crippen LogP contribution is -2.21. The van der Waals surface area contributed by atoms with Crippen molar-refractivity contribution in [2.45, 2.75) is 19.3 Å². The summed E-state index contributed by atoms with van der Waals surface area (Å²) in [6.07, 6.45) is 2.48. The molecule has 0 radical (unpaired) electrons. The second-order valence-corrected chi connectivity index (χ2v) is 6.07. The SMILES string of the molecule is NC(=S)CC1(COc2cc(Br)cc(F)c2F)CC1. The lowest BCUT2D eigenvalue weighted by molar-refractivity contribution is 0.227. The van der Waals surface area contributed by atoms with Crippen LogP contribution in [0, 0.1) is 17.0 Å². The summed E-state index contributed by atoms with van der Waals surface area (Å²) in [7, 11) is 0. The summed E-state index contributed by atoms with van der Waals surface area (Å²) in [4.78, 5) is 0.428. The maximum absolute atomic E-state index is 13.5. The van der Waals surface area contributed by atoms with Gasteiger partial charge in [-0.3, -0.25) is 0 Å². The first-order valence-electron chi connectivity index (χ1n) is 5.48. The quantitative estimate of drug-likeness (QED) is 0.660. The summed E-state index contributed by atoms with van der Waals surface area (Å²) in [6.45, 7) is 0.303. The van der Waals surface area contributed by atoms with Crippen LogP contribution in [-0.4, -0.2) is 11.6 Å². The summed E-state index contributed by atoms with van der Waals surface area (Å²) >= 11 is 7.96. The zero-order chi connectivity index (χ0) is 13.3. The minimum Gasteiger partial charge on any atom is -0.490 e. The molecule has 6 heteroatoms. The number of hydrogen-bond donors (Lipinski definition) is 1. The molecule has 1 aromatic carbocycles. The van der Waals surface area contributed by atoms with Gasteiger partial charge in [-0.1, -0.05) is 28.1 Å². The first-order chi connectivity index (χ1) is 8.42. The van der Waals surface area contributed by atoms with Gasteiger partial charge in [0.05, 0.1) is 11.6 Å². The number of halogens is 3. The molecule has 1 aliphatic rings. The summed E-state index contributed by atoms with van der Waals surface area (Å²) < 4.78 is 32.4. The van der Waals surface area contributed by atoms with Crippen LogP contribution >= 0.6 is 28.1 Å². The zero-order valence-corrected chi connectivity index (χ0v) is 11.9. The van der Waals surface area contributed by atoms with Gasteiger partial charge < -0.3 is 10.5 Å². The van der Waals surface area contributed by atoms with Crippen molar-refractivity contribution in [2.24, 2.45) is 11.1 Å². The highest BCUT2D eigenvalue weighted by Crippen LogP contribution is 2.49. The van der Waals surface area contributed by atoms with Gasteiger partial charge in [0, 0.05) is 16.3 Å². The predicted molar refractivity (Wildman–Crippen MR) is 72.6 cm³/mol. The van der Waals surface area contributed by atoms with E-state index in [0.717, 1.165) is 18.9 Å². The molecule has 0 atom stereocenters. The van der Waals surface area contributed by atoms with Crippen molar-refractivity contribution in [1.29, 1.82) is 0 Å². The molecule has 1 fully saturated rings. The lowest BCUT2D eigenvalue weighted by atomic mass is 10.0. The highest BCUT2D eigenvalue weighted by atomic mass is 79.9. The average Bonchev–Trinajstić information content (AvgIpc) is 3.01. The van der Waals surface area contributed by atoms with E-state index in [4.69, 9.17) is 22.7 Å². The molecule has 0 saturated heterocycles. The van der Waals surface area contributed by atoms with Gasteiger partial charge in [0.15, 0.2) is 11.6 Å². The third-order valence-corrected chi connectivity index (χ3v) is 3.60. The Morgan fingerprint density at radius 2 is 2.11 bits per heavy atom. The summed E-state index contributed by atoms with van der Waals surface area (Å²) in [5, 5.41) is 0. The lowest BCUT2D eigenvalue weighted by Gasteiger charge is -2.16. The molecular weight excluding hydrogens is 324 g/mol. The first-order valence-corrected chi connectivity index (χ1v) is 6.68. The Morgan fingerprint density at radius 1 is 1.44 bits per heavy atom. The molecule has 0 amide bonds. The molecule has 1 aliphatic carbocycles. The molecule has 98 valence electrons. The van der Waals surface area contributed by atoms with Crippen molar-refractivity contribution in [3.63, 3.8) is 0 Å². The van der Waals surface area contributed by atoms with E-state index in [1.807, 2.05) is 0 Å². The molecule has 0 aliphatic heterocycles. The van der Waals surface area contributed by atoms with E-state index >= 15 is 0 Å². The molecule has 1 aromatic rings. The van der Waals surface area contributed by atoms with Crippen LogP contribution in [0.25, 0.3) is 0 Å². The van der Waals surface area contributed by atoms with E-state index < -0.39 is 11.6 Å². The number of rotatable bonds is 5. The molecule has 1 saturated carbocycles. The van der Waals surface area contributed by atoms with Crippen LogP contribution in [0.1, 0.15) is 19.3 Å². The smallest absolute Gasteiger partial charge is 0.200 e. The van der Waals surface area contributed by atoms with Crippen LogP contribution in [0.3, 0.4) is 0 Å². The fourth-order valence-corrected chi connectivity index (χ4v) is 2.50. The van der Waals surface area contributed by atoms with Gasteiger partial charge in [0.1, 0.15) is 0 Å². The standard InChI is InChI=1S/C12H12BrF2NOS/c13-7-3-8(14)11(15)9(4-7)17-6-12(1-2-12)5-10(16)18/h3-4H,1-2,5-6H2,(H2,16,18). The van der Waals surface area contributed by atoms with Gasteiger partial charge in [0.25, 0.3) is 0 Å². The number of nitrogens with two attached hydrogens (primary N) is 1. The number of thiocarbonyl (C=S) groups is 1. The topological polar surface area (TPSA) is 35.2 Å². The molecule has 0 unspecified atom stereocenters. The summed E-state index contributed by atoms with van der Waals surface area (Å²) in [6, 6.07) is 2.47. The Bertz CT molecular complexity index is 491. The molecule has 2 N–H and O–H groups in total. The van der Waals surface area contributed by atoms with Crippen LogP contribution in [0.5, 0.6) is 5.75 Å². The molecule has 2 rings (SSSR count). The number of benzene rings is 1. The van der Waals surface area contributed by atoms with Crippen molar-refractivity contribution >= 4 is 33.1 Å². The van der Waals surface area contributed by atoms with Crippen molar-refractivity contribution in [3.8, 4) is 5.75 Å². The third-order valence-electron chi connectivity index (χ3n) is 3.00. The van der Waals surface area contributed by atoms with E-state index in [1.54, 1.807) is 0 Å². The molecule has 0 bridgehead atoms. The molecule has 2 nitrogen and oxygen atoms in total. The zero-order valence-electron chi connectivity index (χ0n) is 9.51. The number of hydrogen-bond acceptors (Lipinski definition) is 2. The van der Waals surface area contributed by atoms with Gasteiger partial charge in [0.2, 0.25) is 5.82 Å². The largest absolute Gasteiger partial charge is 0.490 e. The van der Waals surface area contributed by atoms with Gasteiger partial charge in [-0.25, -0.2) is 4.39 Å².